The van der Waals surface area contributed by atoms with Crippen LogP contribution in [-0.2, 0) is 30.2 Å². The van der Waals surface area contributed by atoms with Gasteiger partial charge in [0.25, 0.3) is 0 Å². The molecule has 0 spiro atoms. The molecular formula is C25H24O8. The second-order valence-corrected chi connectivity index (χ2v) is 8.41. The molecule has 0 bridgehead atoms. The summed E-state index contributed by atoms with van der Waals surface area (Å²) in [7, 11) is 2.48. The zero-order valence-corrected chi connectivity index (χ0v) is 18.7. The van der Waals surface area contributed by atoms with Gasteiger partial charge in [-0.2, -0.15) is 0 Å². The number of benzene rings is 2. The Bertz CT molecular complexity index is 1210. The maximum Gasteiger partial charge on any atom is 0.375 e. The first-order chi connectivity index (χ1) is 15.6. The number of carbonyl (C=O) groups excluding carboxylic acids is 2. The van der Waals surface area contributed by atoms with E-state index in [0.717, 1.165) is 5.56 Å². The number of aromatic hydroxyl groups is 2. The van der Waals surface area contributed by atoms with Crippen molar-refractivity contribution in [2.45, 2.75) is 31.5 Å². The first kappa shape index (κ1) is 22.3. The van der Waals surface area contributed by atoms with Crippen molar-refractivity contribution >= 4 is 23.6 Å². The lowest BCUT2D eigenvalue weighted by Gasteiger charge is -2.30. The lowest BCUT2D eigenvalue weighted by molar-refractivity contribution is -0.169. The maximum absolute atomic E-state index is 13.1. The number of rotatable bonds is 5. The first-order valence-electron chi connectivity index (χ1n) is 10.2. The van der Waals surface area contributed by atoms with Crippen LogP contribution in [0.5, 0.6) is 17.2 Å². The molecule has 0 aliphatic carbocycles. The monoisotopic (exact) mass is 452 g/mol. The largest absolute Gasteiger partial charge is 0.504 e. The van der Waals surface area contributed by atoms with Crippen LogP contribution in [0.4, 0.5) is 0 Å². The fourth-order valence-corrected chi connectivity index (χ4v) is 4.10. The molecule has 33 heavy (non-hydrogen) atoms. The molecule has 2 aromatic rings. The van der Waals surface area contributed by atoms with E-state index in [4.69, 9.17) is 18.9 Å². The molecule has 1 atom stereocenters. The molecule has 172 valence electrons. The molecule has 4 rings (SSSR count). The summed E-state index contributed by atoms with van der Waals surface area (Å²) in [5, 5.41) is 19.8. The molecule has 0 saturated heterocycles. The van der Waals surface area contributed by atoms with E-state index in [1.54, 1.807) is 12.1 Å². The van der Waals surface area contributed by atoms with Gasteiger partial charge in [-0.05, 0) is 55.3 Å². The smallest absolute Gasteiger partial charge is 0.375 e. The summed E-state index contributed by atoms with van der Waals surface area (Å²) in [6, 6.07) is 9.35. The molecule has 2 N–H and O–H groups in total. The second kappa shape index (κ2) is 7.88. The minimum Gasteiger partial charge on any atom is -0.504 e. The van der Waals surface area contributed by atoms with E-state index in [2.05, 4.69) is 0 Å². The molecule has 0 aromatic heterocycles. The number of esters is 2. The molecule has 2 heterocycles. The van der Waals surface area contributed by atoms with Gasteiger partial charge in [-0.25, -0.2) is 9.59 Å². The van der Waals surface area contributed by atoms with Gasteiger partial charge in [-0.1, -0.05) is 18.2 Å². The summed E-state index contributed by atoms with van der Waals surface area (Å²) in [6.07, 6.45) is 3.81. The minimum absolute atomic E-state index is 0.0558. The summed E-state index contributed by atoms with van der Waals surface area (Å²) >= 11 is 0. The summed E-state index contributed by atoms with van der Waals surface area (Å²) in [4.78, 5) is 25.8. The minimum atomic E-state index is -1.87. The van der Waals surface area contributed by atoms with Crippen LogP contribution in [0.15, 0.2) is 48.2 Å². The Balaban J connectivity index is 1.84. The van der Waals surface area contributed by atoms with Gasteiger partial charge >= 0.3 is 11.9 Å². The Morgan fingerprint density at radius 2 is 1.79 bits per heavy atom. The number of cyclic esters (lactones) is 1. The van der Waals surface area contributed by atoms with Crippen LogP contribution in [0.3, 0.4) is 0 Å². The molecule has 0 saturated carbocycles. The number of hydrogen-bond donors (Lipinski definition) is 2. The standard InChI is InChI=1S/C25H24O8/c1-24(2)10-9-15-11-14(5-8-19(15)32-24)13-25(23(29)31-4)20(21(30-3)22(28)33-25)16-6-7-17(26)18(27)12-16/h5-12,26-27H,13H2,1-4H3/t25-/m0/s1. The predicted molar refractivity (Wildman–Crippen MR) is 118 cm³/mol. The van der Waals surface area contributed by atoms with Crippen molar-refractivity contribution in [1.29, 1.82) is 0 Å². The zero-order valence-electron chi connectivity index (χ0n) is 18.7. The van der Waals surface area contributed by atoms with Gasteiger partial charge in [0.1, 0.15) is 11.4 Å². The Hall–Kier alpha value is -3.94. The Labute approximate surface area is 190 Å². The van der Waals surface area contributed by atoms with Crippen LogP contribution < -0.4 is 4.74 Å². The van der Waals surface area contributed by atoms with Gasteiger partial charge in [0.2, 0.25) is 11.4 Å². The van der Waals surface area contributed by atoms with Crippen molar-refractivity contribution in [2.75, 3.05) is 14.2 Å². The topological polar surface area (TPSA) is 112 Å². The van der Waals surface area contributed by atoms with E-state index in [9.17, 15) is 19.8 Å². The highest BCUT2D eigenvalue weighted by Gasteiger charge is 2.56. The maximum atomic E-state index is 13.1. The van der Waals surface area contributed by atoms with Gasteiger partial charge in [-0.15, -0.1) is 0 Å². The van der Waals surface area contributed by atoms with Gasteiger partial charge in [-0.3, -0.25) is 0 Å². The van der Waals surface area contributed by atoms with Gasteiger partial charge in [0.05, 0.1) is 19.8 Å². The molecule has 8 nitrogen and oxygen atoms in total. The molecule has 0 radical (unpaired) electrons. The molecule has 0 amide bonds. The van der Waals surface area contributed by atoms with E-state index in [0.29, 0.717) is 11.3 Å². The highest BCUT2D eigenvalue weighted by Crippen LogP contribution is 2.45. The van der Waals surface area contributed by atoms with Crippen molar-refractivity contribution in [3.63, 3.8) is 0 Å². The van der Waals surface area contributed by atoms with Crippen molar-refractivity contribution in [3.8, 4) is 17.2 Å². The molecule has 2 aliphatic heterocycles. The lowest BCUT2D eigenvalue weighted by atomic mass is 9.82. The van der Waals surface area contributed by atoms with Crippen LogP contribution in [0.2, 0.25) is 0 Å². The number of ether oxygens (including phenoxy) is 4. The van der Waals surface area contributed by atoms with E-state index in [1.165, 1.54) is 32.4 Å². The Morgan fingerprint density at radius 3 is 2.45 bits per heavy atom. The predicted octanol–water partition coefficient (Wildman–Crippen LogP) is 3.35. The highest BCUT2D eigenvalue weighted by molar-refractivity contribution is 6.11. The summed E-state index contributed by atoms with van der Waals surface area (Å²) in [5.41, 5.74) is -0.446. The van der Waals surface area contributed by atoms with E-state index >= 15 is 0 Å². The third-order valence-corrected chi connectivity index (χ3v) is 5.63. The van der Waals surface area contributed by atoms with Gasteiger partial charge < -0.3 is 29.2 Å². The fourth-order valence-electron chi connectivity index (χ4n) is 4.10. The summed E-state index contributed by atoms with van der Waals surface area (Å²) < 4.78 is 21.9. The highest BCUT2D eigenvalue weighted by atomic mass is 16.6. The number of fused-ring (bicyclic) bond motifs is 1. The SMILES string of the molecule is COC(=O)[C@@]1(Cc2ccc3c(c2)C=CC(C)(C)O3)OC(=O)C(OC)=C1c1ccc(O)c(O)c1. The molecule has 0 fully saturated rings. The Morgan fingerprint density at radius 1 is 1.03 bits per heavy atom. The van der Waals surface area contributed by atoms with Crippen molar-refractivity contribution in [2.24, 2.45) is 0 Å². The molecule has 0 unspecified atom stereocenters. The van der Waals surface area contributed by atoms with Crippen molar-refractivity contribution < 1.29 is 38.7 Å². The molecule has 2 aliphatic rings. The van der Waals surface area contributed by atoms with E-state index < -0.39 is 28.9 Å². The third-order valence-electron chi connectivity index (χ3n) is 5.63. The molecular weight excluding hydrogens is 428 g/mol. The lowest BCUT2D eigenvalue weighted by Crippen LogP contribution is -2.44. The van der Waals surface area contributed by atoms with Crippen LogP contribution in [0, 0.1) is 0 Å². The zero-order chi connectivity index (χ0) is 24.0. The number of phenols is 2. The molecule has 8 heteroatoms. The summed E-state index contributed by atoms with van der Waals surface area (Å²) in [5.74, 6) is -1.92. The quantitative estimate of drug-likeness (QED) is 0.525. The number of methoxy groups -OCH3 is 2. The average molecular weight is 452 g/mol. The molecule has 2 aromatic carbocycles. The van der Waals surface area contributed by atoms with Gasteiger partial charge in [0, 0.05) is 12.0 Å². The Kier molecular flexibility index (Phi) is 5.32. The van der Waals surface area contributed by atoms with Crippen LogP contribution in [-0.4, -0.2) is 47.6 Å². The number of hydrogen-bond acceptors (Lipinski definition) is 8. The first-order valence-corrected chi connectivity index (χ1v) is 10.2. The van der Waals surface area contributed by atoms with E-state index in [1.807, 2.05) is 32.1 Å². The average Bonchev–Trinajstić information content (AvgIpc) is 3.06. The van der Waals surface area contributed by atoms with Crippen molar-refractivity contribution in [3.05, 3.63) is 64.9 Å². The van der Waals surface area contributed by atoms with Gasteiger partial charge in [0.15, 0.2) is 11.5 Å². The number of carbonyl (C=O) groups is 2. The van der Waals surface area contributed by atoms with Crippen LogP contribution in [0.1, 0.15) is 30.5 Å². The summed E-state index contributed by atoms with van der Waals surface area (Å²) in [6.45, 7) is 3.89. The third kappa shape index (κ3) is 3.77. The van der Waals surface area contributed by atoms with E-state index in [-0.39, 0.29) is 29.1 Å². The van der Waals surface area contributed by atoms with Crippen LogP contribution in [0.25, 0.3) is 11.6 Å². The number of phenolic OH excluding ortho intramolecular Hbond substituents is 2. The normalized spacial score (nSPS) is 20.7. The van der Waals surface area contributed by atoms with Crippen LogP contribution >= 0.6 is 0 Å². The second-order valence-electron chi connectivity index (χ2n) is 8.41. The van der Waals surface area contributed by atoms with Crippen molar-refractivity contribution in [1.82, 2.24) is 0 Å². The fraction of sp³-hybridized carbons (Fsp3) is 0.280.